The lowest BCUT2D eigenvalue weighted by Gasteiger charge is -2.31. The molecule has 0 fully saturated rings. The summed E-state index contributed by atoms with van der Waals surface area (Å²) in [6, 6.07) is 9.58. The van der Waals surface area contributed by atoms with Crippen molar-refractivity contribution in [1.29, 1.82) is 0 Å². The maximum Gasteiger partial charge on any atom is 0.336 e. The Hall–Kier alpha value is -2.10. The minimum absolute atomic E-state index is 0.0130. The predicted octanol–water partition coefficient (Wildman–Crippen LogP) is 2.08. The zero-order valence-corrected chi connectivity index (χ0v) is 11.3. The second kappa shape index (κ2) is 5.26. The third-order valence-electron chi connectivity index (χ3n) is 3.60. The number of rotatable bonds is 2. The zero-order valence-electron chi connectivity index (χ0n) is 11.3. The summed E-state index contributed by atoms with van der Waals surface area (Å²) in [5.41, 5.74) is 2.19. The molecule has 0 saturated carbocycles. The van der Waals surface area contributed by atoms with E-state index in [0.29, 0.717) is 17.7 Å². The minimum Gasteiger partial charge on any atom is -0.466 e. The molecule has 0 aromatic heterocycles. The third kappa shape index (κ3) is 2.38. The summed E-state index contributed by atoms with van der Waals surface area (Å²) in [6.07, 6.45) is 0.294. The second-order valence-electron chi connectivity index (χ2n) is 4.61. The number of carbonyl (C=O) groups is 2. The fourth-order valence-electron chi connectivity index (χ4n) is 2.40. The molecule has 4 heteroatoms. The highest BCUT2D eigenvalue weighted by atomic mass is 16.5. The Labute approximate surface area is 112 Å². The van der Waals surface area contributed by atoms with Gasteiger partial charge in [0.25, 0.3) is 0 Å². The number of nitrogens with zero attached hydrogens (tertiary/aromatic N) is 1. The van der Waals surface area contributed by atoms with Crippen LogP contribution in [0.15, 0.2) is 41.6 Å². The van der Waals surface area contributed by atoms with Gasteiger partial charge >= 0.3 is 5.97 Å². The van der Waals surface area contributed by atoms with Crippen molar-refractivity contribution in [3.05, 3.63) is 47.2 Å². The number of esters is 1. The monoisotopic (exact) mass is 259 g/mol. The minimum atomic E-state index is -0.370. The third-order valence-corrected chi connectivity index (χ3v) is 3.60. The predicted molar refractivity (Wildman–Crippen MR) is 71.3 cm³/mol. The highest BCUT2D eigenvalue weighted by molar-refractivity contribution is 5.95. The van der Waals surface area contributed by atoms with Crippen molar-refractivity contribution >= 4 is 11.9 Å². The number of methoxy groups -OCH3 is 1. The SMILES string of the molecule is COC(=O)C1=C(C)N(C)C(=O)CC1c1ccccc1. The Kier molecular flexibility index (Phi) is 3.69. The van der Waals surface area contributed by atoms with Crippen LogP contribution < -0.4 is 0 Å². The largest absolute Gasteiger partial charge is 0.466 e. The Balaban J connectivity index is 2.52. The number of benzene rings is 1. The van der Waals surface area contributed by atoms with E-state index in [4.69, 9.17) is 4.74 Å². The molecule has 1 aromatic carbocycles. The van der Waals surface area contributed by atoms with Crippen molar-refractivity contribution in [2.45, 2.75) is 19.3 Å². The molecule has 19 heavy (non-hydrogen) atoms. The highest BCUT2D eigenvalue weighted by Crippen LogP contribution is 2.36. The lowest BCUT2D eigenvalue weighted by atomic mass is 9.84. The molecule has 0 radical (unpaired) electrons. The van der Waals surface area contributed by atoms with Crippen LogP contribution >= 0.6 is 0 Å². The zero-order chi connectivity index (χ0) is 14.0. The van der Waals surface area contributed by atoms with Crippen LogP contribution in [0.3, 0.4) is 0 Å². The van der Waals surface area contributed by atoms with Crippen molar-refractivity contribution in [3.8, 4) is 0 Å². The van der Waals surface area contributed by atoms with E-state index >= 15 is 0 Å². The molecule has 1 unspecified atom stereocenters. The number of allylic oxidation sites excluding steroid dienone is 1. The molecule has 4 nitrogen and oxygen atoms in total. The first-order valence-corrected chi connectivity index (χ1v) is 6.16. The van der Waals surface area contributed by atoms with Crippen molar-refractivity contribution in [2.24, 2.45) is 0 Å². The van der Waals surface area contributed by atoms with Crippen LogP contribution in [-0.2, 0) is 14.3 Å². The van der Waals surface area contributed by atoms with Crippen LogP contribution in [0.2, 0.25) is 0 Å². The molecule has 0 saturated heterocycles. The summed E-state index contributed by atoms with van der Waals surface area (Å²) in [5.74, 6) is -0.581. The van der Waals surface area contributed by atoms with E-state index in [-0.39, 0.29) is 17.8 Å². The Bertz CT molecular complexity index is 534. The molecule has 100 valence electrons. The molecule has 0 N–H and O–H groups in total. The van der Waals surface area contributed by atoms with Crippen molar-refractivity contribution in [1.82, 2.24) is 4.90 Å². The van der Waals surface area contributed by atoms with Crippen molar-refractivity contribution < 1.29 is 14.3 Å². The van der Waals surface area contributed by atoms with Gasteiger partial charge in [-0.2, -0.15) is 0 Å². The Morgan fingerprint density at radius 2 is 1.95 bits per heavy atom. The quantitative estimate of drug-likeness (QED) is 0.764. The molecular weight excluding hydrogens is 242 g/mol. The van der Waals surface area contributed by atoms with Gasteiger partial charge in [0.2, 0.25) is 5.91 Å². The van der Waals surface area contributed by atoms with Gasteiger partial charge in [-0.1, -0.05) is 30.3 Å². The topological polar surface area (TPSA) is 46.6 Å². The summed E-state index contributed by atoms with van der Waals surface area (Å²) in [7, 11) is 3.04. The lowest BCUT2D eigenvalue weighted by Crippen LogP contribution is -2.35. The van der Waals surface area contributed by atoms with Gasteiger partial charge in [-0.3, -0.25) is 4.79 Å². The van der Waals surface area contributed by atoms with Gasteiger partial charge < -0.3 is 9.64 Å². The standard InChI is InChI=1S/C15H17NO3/c1-10-14(15(18)19-3)12(9-13(17)16(10)2)11-7-5-4-6-8-11/h4-8,12H,9H2,1-3H3. The number of amides is 1. The Morgan fingerprint density at radius 3 is 2.53 bits per heavy atom. The number of hydrogen-bond acceptors (Lipinski definition) is 3. The number of hydrogen-bond donors (Lipinski definition) is 0. The first-order valence-electron chi connectivity index (χ1n) is 6.16. The van der Waals surface area contributed by atoms with Crippen molar-refractivity contribution in [2.75, 3.05) is 14.2 Å². The van der Waals surface area contributed by atoms with Gasteiger partial charge in [-0.25, -0.2) is 4.79 Å². The maximum absolute atomic E-state index is 12.0. The highest BCUT2D eigenvalue weighted by Gasteiger charge is 2.34. The first-order chi connectivity index (χ1) is 9.06. The fourth-order valence-corrected chi connectivity index (χ4v) is 2.40. The Morgan fingerprint density at radius 1 is 1.32 bits per heavy atom. The van der Waals surface area contributed by atoms with Gasteiger partial charge in [0, 0.05) is 25.1 Å². The normalized spacial score (nSPS) is 19.6. The van der Waals surface area contributed by atoms with Crippen LogP contribution in [-0.4, -0.2) is 30.9 Å². The molecule has 1 heterocycles. The van der Waals surface area contributed by atoms with E-state index in [0.717, 1.165) is 5.56 Å². The molecule has 0 bridgehead atoms. The molecule has 0 spiro atoms. The van der Waals surface area contributed by atoms with E-state index in [9.17, 15) is 9.59 Å². The van der Waals surface area contributed by atoms with Gasteiger partial charge in [0.05, 0.1) is 12.7 Å². The summed E-state index contributed by atoms with van der Waals surface area (Å²) >= 11 is 0. The van der Waals surface area contributed by atoms with Crippen LogP contribution in [0, 0.1) is 0 Å². The van der Waals surface area contributed by atoms with Crippen LogP contribution in [0.1, 0.15) is 24.8 Å². The number of ether oxygens (including phenoxy) is 1. The first kappa shape index (κ1) is 13.3. The molecule has 1 aliphatic rings. The molecule has 2 rings (SSSR count). The van der Waals surface area contributed by atoms with Crippen LogP contribution in [0.4, 0.5) is 0 Å². The summed E-state index contributed by atoms with van der Waals surface area (Å²) in [5, 5.41) is 0. The average molecular weight is 259 g/mol. The molecule has 1 amide bonds. The van der Waals surface area contributed by atoms with Gasteiger partial charge in [-0.05, 0) is 12.5 Å². The van der Waals surface area contributed by atoms with E-state index in [2.05, 4.69) is 0 Å². The lowest BCUT2D eigenvalue weighted by molar-refractivity contribution is -0.137. The summed E-state index contributed by atoms with van der Waals surface area (Å²) in [4.78, 5) is 25.5. The van der Waals surface area contributed by atoms with E-state index < -0.39 is 0 Å². The molecular formula is C15H17NO3. The van der Waals surface area contributed by atoms with E-state index in [1.807, 2.05) is 30.3 Å². The van der Waals surface area contributed by atoms with Crippen molar-refractivity contribution in [3.63, 3.8) is 0 Å². The summed E-state index contributed by atoms with van der Waals surface area (Å²) in [6.45, 7) is 1.78. The van der Waals surface area contributed by atoms with Crippen LogP contribution in [0.25, 0.3) is 0 Å². The fraction of sp³-hybridized carbons (Fsp3) is 0.333. The van der Waals surface area contributed by atoms with Gasteiger partial charge in [-0.15, -0.1) is 0 Å². The van der Waals surface area contributed by atoms with E-state index in [1.165, 1.54) is 12.0 Å². The maximum atomic E-state index is 12.0. The molecule has 1 aromatic rings. The van der Waals surface area contributed by atoms with Gasteiger partial charge in [0.15, 0.2) is 0 Å². The molecule has 1 atom stereocenters. The summed E-state index contributed by atoms with van der Waals surface area (Å²) < 4.78 is 4.86. The van der Waals surface area contributed by atoms with Crippen LogP contribution in [0.5, 0.6) is 0 Å². The second-order valence-corrected chi connectivity index (χ2v) is 4.61. The number of carbonyl (C=O) groups excluding carboxylic acids is 2. The van der Waals surface area contributed by atoms with Gasteiger partial charge in [0.1, 0.15) is 0 Å². The van der Waals surface area contributed by atoms with E-state index in [1.54, 1.807) is 14.0 Å². The smallest absolute Gasteiger partial charge is 0.336 e. The molecule has 0 aliphatic carbocycles. The molecule has 1 aliphatic heterocycles. The average Bonchev–Trinajstić information content (AvgIpc) is 2.44.